The largest absolute Gasteiger partial charge is 0.508 e. The Bertz CT molecular complexity index is 2120. The zero-order chi connectivity index (χ0) is 40.1. The number of benzene rings is 2. The zero-order valence-electron chi connectivity index (χ0n) is 34.3. The fourth-order valence-electron chi connectivity index (χ4n) is 11.1. The number of pyridine rings is 1. The fourth-order valence-corrected chi connectivity index (χ4v) is 11.1. The minimum absolute atomic E-state index is 0.0417. The molecule has 10 nitrogen and oxygen atoms in total. The number of aliphatic hydroxyl groups is 1. The van der Waals surface area contributed by atoms with Crippen molar-refractivity contribution in [2.24, 2.45) is 10.8 Å². The van der Waals surface area contributed by atoms with Gasteiger partial charge in [0.15, 0.2) is 5.82 Å². The summed E-state index contributed by atoms with van der Waals surface area (Å²) in [5, 5.41) is 23.3. The van der Waals surface area contributed by atoms with E-state index < -0.39 is 17.2 Å². The third kappa shape index (κ3) is 7.17. The highest BCUT2D eigenvalue weighted by Gasteiger charge is 2.55. The van der Waals surface area contributed by atoms with E-state index in [1.54, 1.807) is 13.0 Å². The second-order valence-electron chi connectivity index (χ2n) is 17.4. The zero-order valence-corrected chi connectivity index (χ0v) is 34.3. The first-order valence-electron chi connectivity index (χ1n) is 21.4. The van der Waals surface area contributed by atoms with Gasteiger partial charge in [0.2, 0.25) is 5.88 Å². The van der Waals surface area contributed by atoms with Gasteiger partial charge in [-0.3, -0.25) is 4.90 Å². The van der Waals surface area contributed by atoms with Gasteiger partial charge in [-0.2, -0.15) is 9.97 Å². The number of likely N-dealkylation sites (tertiary alicyclic amines) is 1. The first-order valence-corrected chi connectivity index (χ1v) is 21.4. The lowest BCUT2D eigenvalue weighted by Crippen LogP contribution is -2.61. The number of halogens is 2. The maximum Gasteiger partial charge on any atom is 0.319 e. The van der Waals surface area contributed by atoms with Crippen LogP contribution in [0.25, 0.3) is 32.9 Å². The summed E-state index contributed by atoms with van der Waals surface area (Å²) >= 11 is 0. The number of ether oxygens (including phenoxy) is 3. The summed E-state index contributed by atoms with van der Waals surface area (Å²) < 4.78 is 50.8. The Hall–Kier alpha value is -3.87. The van der Waals surface area contributed by atoms with Crippen LogP contribution in [0.4, 0.5) is 14.6 Å². The van der Waals surface area contributed by atoms with Gasteiger partial charge in [-0.05, 0) is 124 Å². The van der Waals surface area contributed by atoms with Crippen LogP contribution in [0.2, 0.25) is 0 Å². The molecule has 2 saturated carbocycles. The van der Waals surface area contributed by atoms with E-state index in [1.165, 1.54) is 51.0 Å². The van der Waals surface area contributed by atoms with Crippen LogP contribution in [0.3, 0.4) is 0 Å². The molecule has 3 saturated heterocycles. The molecule has 3 unspecified atom stereocenters. The van der Waals surface area contributed by atoms with Gasteiger partial charge >= 0.3 is 6.01 Å². The average molecular weight is 788 g/mol. The molecule has 1 spiro atoms. The van der Waals surface area contributed by atoms with Crippen molar-refractivity contribution in [2.45, 2.75) is 122 Å². The van der Waals surface area contributed by atoms with E-state index in [0.29, 0.717) is 72.1 Å². The van der Waals surface area contributed by atoms with E-state index in [1.807, 2.05) is 25.7 Å². The van der Waals surface area contributed by atoms with Crippen molar-refractivity contribution in [1.82, 2.24) is 19.9 Å². The third-order valence-corrected chi connectivity index (χ3v) is 13.8. The number of fused-ring (bicyclic) bond motifs is 3. The smallest absolute Gasteiger partial charge is 0.319 e. The first-order chi connectivity index (χ1) is 27.5. The second-order valence-corrected chi connectivity index (χ2v) is 17.4. The van der Waals surface area contributed by atoms with Gasteiger partial charge in [0.05, 0.1) is 19.3 Å². The molecule has 0 bridgehead atoms. The molecule has 2 aromatic carbocycles. The van der Waals surface area contributed by atoms with Gasteiger partial charge in [-0.15, -0.1) is 0 Å². The van der Waals surface area contributed by atoms with Crippen molar-refractivity contribution in [3.05, 3.63) is 41.5 Å². The predicted molar refractivity (Wildman–Crippen MR) is 218 cm³/mol. The quantitative estimate of drug-likeness (QED) is 0.180. The number of hydrogen-bond donors (Lipinski definition) is 2. The van der Waals surface area contributed by atoms with E-state index in [2.05, 4.69) is 9.88 Å². The molecule has 308 valence electrons. The van der Waals surface area contributed by atoms with Gasteiger partial charge < -0.3 is 29.3 Å². The number of phenolic OH excluding ortho intramolecular Hbond substituents is 1. The number of aryl methyl sites for hydroxylation is 1. The van der Waals surface area contributed by atoms with Gasteiger partial charge in [0.1, 0.15) is 34.0 Å². The Morgan fingerprint density at radius 2 is 1.70 bits per heavy atom. The van der Waals surface area contributed by atoms with Crippen LogP contribution in [-0.4, -0.2) is 94.3 Å². The maximum atomic E-state index is 17.4. The summed E-state index contributed by atoms with van der Waals surface area (Å²) in [6.45, 7) is 11.8. The lowest BCUT2D eigenvalue weighted by molar-refractivity contribution is -0.112. The van der Waals surface area contributed by atoms with Crippen LogP contribution in [0, 0.1) is 22.5 Å². The molecule has 5 aliphatic rings. The lowest BCUT2D eigenvalue weighted by Gasteiger charge is -2.58. The van der Waals surface area contributed by atoms with Crippen molar-refractivity contribution in [3.8, 4) is 28.9 Å². The second kappa shape index (κ2) is 15.7. The molecule has 3 atom stereocenters. The molecule has 57 heavy (non-hydrogen) atoms. The van der Waals surface area contributed by atoms with Gasteiger partial charge in [-0.25, -0.2) is 13.8 Å². The van der Waals surface area contributed by atoms with Crippen molar-refractivity contribution >= 4 is 27.5 Å². The Kier molecular flexibility index (Phi) is 11.0. The highest BCUT2D eigenvalue weighted by atomic mass is 19.1. The van der Waals surface area contributed by atoms with E-state index >= 15 is 8.78 Å². The van der Waals surface area contributed by atoms with Crippen LogP contribution < -0.4 is 14.4 Å². The summed E-state index contributed by atoms with van der Waals surface area (Å²) in [5.41, 5.74) is -0.114. The highest BCUT2D eigenvalue weighted by molar-refractivity contribution is 6.03. The Labute approximate surface area is 334 Å². The summed E-state index contributed by atoms with van der Waals surface area (Å²) in [6, 6.07) is 6.97. The third-order valence-electron chi connectivity index (χ3n) is 13.8. The van der Waals surface area contributed by atoms with Crippen LogP contribution in [0.15, 0.2) is 24.3 Å². The van der Waals surface area contributed by atoms with E-state index in [9.17, 15) is 10.2 Å². The maximum absolute atomic E-state index is 17.4. The highest BCUT2D eigenvalue weighted by Crippen LogP contribution is 2.56. The normalized spacial score (nSPS) is 26.2. The molecule has 9 rings (SSSR count). The molecule has 2 aliphatic carbocycles. The van der Waals surface area contributed by atoms with Crippen molar-refractivity contribution in [2.75, 3.05) is 51.5 Å². The molecular weight excluding hydrogens is 729 g/mol. The number of piperidine rings is 2. The van der Waals surface area contributed by atoms with Crippen LogP contribution in [0.5, 0.6) is 17.6 Å². The molecule has 4 aromatic rings. The molecule has 0 amide bonds. The predicted octanol–water partition coefficient (Wildman–Crippen LogP) is 8.75. The SMILES string of the molecule is CC.CCc1c(F)ccc2cc(O)cc(-c3nc(OC)c4c(N5CCCC(C)(O)C5)nc(OCC56CCCC5N(C5CC7(CCOCC7)C5)CCC6)nc4c3F)c12. The van der Waals surface area contributed by atoms with E-state index in [-0.39, 0.29) is 51.8 Å². The summed E-state index contributed by atoms with van der Waals surface area (Å²) in [4.78, 5) is 19.2. The minimum atomic E-state index is -0.983. The summed E-state index contributed by atoms with van der Waals surface area (Å²) in [7, 11) is 1.46. The number of aromatic nitrogens is 3. The molecule has 5 fully saturated rings. The Morgan fingerprint density at radius 1 is 0.947 bits per heavy atom. The molecule has 0 radical (unpaired) electrons. The Balaban J connectivity index is 0.00000224. The Morgan fingerprint density at radius 3 is 2.44 bits per heavy atom. The van der Waals surface area contributed by atoms with E-state index in [4.69, 9.17) is 24.2 Å². The standard InChI is InChI=1S/C43H53F2N5O5.C2H6/c1-4-29-31(44)10-9-26-20-28(51)21-30(33(26)29)36-35(45)37-34(39(46-36)53-3)38(49-16-6-11-41(2,52)24-49)48-40(47-37)55-25-43-12-5-8-32(43)50(17-7-13-43)27-22-42(23-27)14-18-54-19-15-42;1-2/h9-10,20-21,27,32,51-52H,4-8,11-19,22-25H2,1-3H3;1-2H3. The number of rotatable bonds is 8. The molecule has 2 N–H and O–H groups in total. The summed E-state index contributed by atoms with van der Waals surface area (Å²) in [6.07, 6.45) is 12.0. The van der Waals surface area contributed by atoms with Gasteiger partial charge in [0.25, 0.3) is 0 Å². The molecule has 5 heterocycles. The molecular formula is C45H59F2N5O5. The van der Waals surface area contributed by atoms with Gasteiger partial charge in [0, 0.05) is 49.4 Å². The van der Waals surface area contributed by atoms with Crippen LogP contribution in [0.1, 0.15) is 104 Å². The topological polar surface area (TPSA) is 113 Å². The lowest BCUT2D eigenvalue weighted by atomic mass is 9.60. The van der Waals surface area contributed by atoms with Gasteiger partial charge in [-0.1, -0.05) is 33.3 Å². The number of aromatic hydroxyl groups is 1. The molecule has 2 aromatic heterocycles. The molecule has 3 aliphatic heterocycles. The number of β-amino-alcohol motifs (C(OH)–C–C–N with tert-alkyl or cyclic N) is 1. The van der Waals surface area contributed by atoms with Crippen LogP contribution >= 0.6 is 0 Å². The van der Waals surface area contributed by atoms with Crippen molar-refractivity contribution in [1.29, 1.82) is 0 Å². The van der Waals surface area contributed by atoms with E-state index in [0.717, 1.165) is 51.9 Å². The van der Waals surface area contributed by atoms with Crippen molar-refractivity contribution < 1.29 is 33.2 Å². The van der Waals surface area contributed by atoms with Crippen LogP contribution in [-0.2, 0) is 11.2 Å². The molecule has 12 heteroatoms. The summed E-state index contributed by atoms with van der Waals surface area (Å²) in [5.74, 6) is -0.795. The fraction of sp³-hybridized carbons (Fsp3) is 0.622. The monoisotopic (exact) mass is 787 g/mol. The first kappa shape index (κ1) is 39.9. The number of hydrogen-bond acceptors (Lipinski definition) is 10. The number of phenols is 1. The number of methoxy groups -OCH3 is 1. The average Bonchev–Trinajstić information content (AvgIpc) is 3.64. The number of nitrogens with zero attached hydrogens (tertiary/aromatic N) is 5. The number of anilines is 1. The van der Waals surface area contributed by atoms with Crippen molar-refractivity contribution in [3.63, 3.8) is 0 Å². The minimum Gasteiger partial charge on any atom is -0.508 e.